The van der Waals surface area contributed by atoms with Gasteiger partial charge < -0.3 is 0 Å². The van der Waals surface area contributed by atoms with E-state index in [2.05, 4.69) is 34.6 Å². The molecule has 0 rings (SSSR count). The molecule has 80 valence electrons. The highest BCUT2D eigenvalue weighted by molar-refractivity contribution is 4.66. The highest BCUT2D eigenvalue weighted by Gasteiger charge is 2.13. The Labute approximate surface area is 85.1 Å². The third-order valence-corrected chi connectivity index (χ3v) is 2.70. The van der Waals surface area contributed by atoms with Gasteiger partial charge in [-0.05, 0) is 24.2 Å². The summed E-state index contributed by atoms with van der Waals surface area (Å²) in [6, 6.07) is 0. The first-order valence-corrected chi connectivity index (χ1v) is 5.99. The Hall–Kier alpha value is 0. The predicted octanol–water partition coefficient (Wildman–Crippen LogP) is 5.03. The molecule has 0 aromatic heterocycles. The quantitative estimate of drug-likeness (QED) is 0.543. The Kier molecular flexibility index (Phi) is 6.45. The van der Waals surface area contributed by atoms with Crippen molar-refractivity contribution in [1.29, 1.82) is 0 Å². The molecule has 0 nitrogen and oxygen atoms in total. The first kappa shape index (κ1) is 13.0. The van der Waals surface area contributed by atoms with Gasteiger partial charge in [0, 0.05) is 0 Å². The molecule has 0 aliphatic carbocycles. The molecular formula is C13H28. The van der Waals surface area contributed by atoms with E-state index >= 15 is 0 Å². The molecule has 0 saturated heterocycles. The largest absolute Gasteiger partial charge is 0.0654 e. The van der Waals surface area contributed by atoms with Gasteiger partial charge in [-0.2, -0.15) is 0 Å². The summed E-state index contributed by atoms with van der Waals surface area (Å²) in [7, 11) is 0. The van der Waals surface area contributed by atoms with Crippen molar-refractivity contribution in [3.63, 3.8) is 0 Å². The Morgan fingerprint density at radius 2 is 1.31 bits per heavy atom. The average Bonchev–Trinajstić information content (AvgIpc) is 2.00. The van der Waals surface area contributed by atoms with Crippen molar-refractivity contribution in [2.24, 2.45) is 11.3 Å². The lowest BCUT2D eigenvalue weighted by atomic mass is 9.84. The van der Waals surface area contributed by atoms with Gasteiger partial charge in [0.1, 0.15) is 0 Å². The summed E-state index contributed by atoms with van der Waals surface area (Å²) in [6.07, 6.45) is 8.40. The molecule has 0 aromatic rings. The van der Waals surface area contributed by atoms with E-state index in [1.807, 2.05) is 0 Å². The number of hydrogen-bond donors (Lipinski definition) is 0. The summed E-state index contributed by atoms with van der Waals surface area (Å²) in [5.41, 5.74) is 0.528. The summed E-state index contributed by atoms with van der Waals surface area (Å²) < 4.78 is 0. The van der Waals surface area contributed by atoms with Crippen molar-refractivity contribution in [3.8, 4) is 0 Å². The van der Waals surface area contributed by atoms with Gasteiger partial charge in [0.2, 0.25) is 0 Å². The van der Waals surface area contributed by atoms with Gasteiger partial charge in [-0.15, -0.1) is 0 Å². The molecule has 0 heteroatoms. The molecule has 0 aliphatic rings. The van der Waals surface area contributed by atoms with E-state index in [4.69, 9.17) is 0 Å². The fourth-order valence-corrected chi connectivity index (χ4v) is 1.89. The Balaban J connectivity index is 3.68. The standard InChI is InChI=1S/C13H28/c1-6-8-12(9-7-2)10-11-13(3,4)5/h12H,6-11H2,1-5H3. The van der Waals surface area contributed by atoms with Crippen LogP contribution in [0.5, 0.6) is 0 Å². The van der Waals surface area contributed by atoms with E-state index in [9.17, 15) is 0 Å². The van der Waals surface area contributed by atoms with Gasteiger partial charge in [0.15, 0.2) is 0 Å². The zero-order valence-corrected chi connectivity index (χ0v) is 10.3. The maximum absolute atomic E-state index is 2.35. The molecule has 0 spiro atoms. The lowest BCUT2D eigenvalue weighted by molar-refractivity contribution is 0.301. The molecule has 0 radical (unpaired) electrons. The SMILES string of the molecule is CCCC(CCC)CCC(C)(C)C. The molecule has 0 bridgehead atoms. The maximum atomic E-state index is 2.35. The van der Waals surface area contributed by atoms with Crippen molar-refractivity contribution in [2.45, 2.75) is 73.1 Å². The Bertz CT molecular complexity index is 102. The van der Waals surface area contributed by atoms with Crippen LogP contribution in [0.25, 0.3) is 0 Å². The highest BCUT2D eigenvalue weighted by Crippen LogP contribution is 2.27. The van der Waals surface area contributed by atoms with Crippen LogP contribution in [0.1, 0.15) is 73.1 Å². The molecule has 0 saturated carbocycles. The third kappa shape index (κ3) is 8.33. The summed E-state index contributed by atoms with van der Waals surface area (Å²) in [5, 5.41) is 0. The normalized spacial score (nSPS) is 12.5. The van der Waals surface area contributed by atoms with Crippen LogP contribution in [0.4, 0.5) is 0 Å². The molecule has 0 fully saturated rings. The second-order valence-electron chi connectivity index (χ2n) is 5.54. The van der Waals surface area contributed by atoms with Crippen molar-refractivity contribution in [1.82, 2.24) is 0 Å². The maximum Gasteiger partial charge on any atom is -0.0383 e. The Morgan fingerprint density at radius 1 is 0.846 bits per heavy atom. The minimum absolute atomic E-state index is 0.528. The predicted molar refractivity (Wildman–Crippen MR) is 62.0 cm³/mol. The first-order valence-electron chi connectivity index (χ1n) is 5.99. The van der Waals surface area contributed by atoms with E-state index in [1.54, 1.807) is 0 Å². The van der Waals surface area contributed by atoms with Crippen LogP contribution in [0.15, 0.2) is 0 Å². The van der Waals surface area contributed by atoms with Crippen molar-refractivity contribution >= 4 is 0 Å². The summed E-state index contributed by atoms with van der Waals surface area (Å²) in [4.78, 5) is 0. The van der Waals surface area contributed by atoms with Crippen molar-refractivity contribution in [3.05, 3.63) is 0 Å². The van der Waals surface area contributed by atoms with Crippen LogP contribution in [0, 0.1) is 11.3 Å². The van der Waals surface area contributed by atoms with Gasteiger partial charge in [-0.25, -0.2) is 0 Å². The molecule has 13 heavy (non-hydrogen) atoms. The van der Waals surface area contributed by atoms with E-state index < -0.39 is 0 Å². The van der Waals surface area contributed by atoms with Crippen molar-refractivity contribution < 1.29 is 0 Å². The van der Waals surface area contributed by atoms with E-state index in [1.165, 1.54) is 38.5 Å². The number of rotatable bonds is 6. The molecule has 0 amide bonds. The molecule has 0 atom stereocenters. The highest BCUT2D eigenvalue weighted by atomic mass is 14.2. The van der Waals surface area contributed by atoms with Gasteiger partial charge in [-0.1, -0.05) is 60.3 Å². The second-order valence-corrected chi connectivity index (χ2v) is 5.54. The summed E-state index contributed by atoms with van der Waals surface area (Å²) in [6.45, 7) is 11.7. The molecular weight excluding hydrogens is 156 g/mol. The number of hydrogen-bond acceptors (Lipinski definition) is 0. The van der Waals surface area contributed by atoms with Crippen LogP contribution in [-0.2, 0) is 0 Å². The zero-order chi connectivity index (χ0) is 10.3. The lowest BCUT2D eigenvalue weighted by Gasteiger charge is -2.22. The fourth-order valence-electron chi connectivity index (χ4n) is 1.89. The summed E-state index contributed by atoms with van der Waals surface area (Å²) >= 11 is 0. The molecule has 0 aromatic carbocycles. The van der Waals surface area contributed by atoms with Gasteiger partial charge in [0.05, 0.1) is 0 Å². The molecule has 0 unspecified atom stereocenters. The smallest absolute Gasteiger partial charge is 0.0383 e. The monoisotopic (exact) mass is 184 g/mol. The van der Waals surface area contributed by atoms with Gasteiger partial charge in [0.25, 0.3) is 0 Å². The minimum atomic E-state index is 0.528. The second kappa shape index (κ2) is 6.45. The van der Waals surface area contributed by atoms with Crippen molar-refractivity contribution in [2.75, 3.05) is 0 Å². The fraction of sp³-hybridized carbons (Fsp3) is 1.00. The van der Waals surface area contributed by atoms with Crippen LogP contribution >= 0.6 is 0 Å². The van der Waals surface area contributed by atoms with Crippen LogP contribution in [-0.4, -0.2) is 0 Å². The topological polar surface area (TPSA) is 0 Å². The zero-order valence-electron chi connectivity index (χ0n) is 10.3. The van der Waals surface area contributed by atoms with E-state index in [0.717, 1.165) is 5.92 Å². The van der Waals surface area contributed by atoms with E-state index in [0.29, 0.717) is 5.41 Å². The van der Waals surface area contributed by atoms with Gasteiger partial charge in [-0.3, -0.25) is 0 Å². The van der Waals surface area contributed by atoms with Crippen LogP contribution < -0.4 is 0 Å². The molecule has 0 N–H and O–H groups in total. The van der Waals surface area contributed by atoms with Crippen LogP contribution in [0.2, 0.25) is 0 Å². The van der Waals surface area contributed by atoms with E-state index in [-0.39, 0.29) is 0 Å². The first-order chi connectivity index (χ1) is 5.99. The lowest BCUT2D eigenvalue weighted by Crippen LogP contribution is -2.09. The van der Waals surface area contributed by atoms with Crippen LogP contribution in [0.3, 0.4) is 0 Å². The average molecular weight is 184 g/mol. The minimum Gasteiger partial charge on any atom is -0.0654 e. The molecule has 0 aliphatic heterocycles. The Morgan fingerprint density at radius 3 is 1.62 bits per heavy atom. The van der Waals surface area contributed by atoms with Gasteiger partial charge >= 0.3 is 0 Å². The summed E-state index contributed by atoms with van der Waals surface area (Å²) in [5.74, 6) is 0.995. The molecule has 0 heterocycles. The third-order valence-electron chi connectivity index (χ3n) is 2.70.